The van der Waals surface area contributed by atoms with Crippen LogP contribution in [-0.2, 0) is 10.0 Å². The van der Waals surface area contributed by atoms with Crippen LogP contribution in [0.2, 0.25) is 0 Å². The van der Waals surface area contributed by atoms with E-state index >= 15 is 0 Å². The van der Waals surface area contributed by atoms with Gasteiger partial charge in [-0.25, -0.2) is 13.2 Å². The van der Waals surface area contributed by atoms with Crippen molar-refractivity contribution in [1.82, 2.24) is 14.3 Å². The van der Waals surface area contributed by atoms with Crippen molar-refractivity contribution >= 4 is 10.0 Å². The van der Waals surface area contributed by atoms with Crippen molar-refractivity contribution in [3.8, 4) is 11.8 Å². The van der Waals surface area contributed by atoms with Crippen molar-refractivity contribution in [2.24, 2.45) is 0 Å². The summed E-state index contributed by atoms with van der Waals surface area (Å²) in [6.45, 7) is 6.67. The maximum atomic E-state index is 12.8. The van der Waals surface area contributed by atoms with Gasteiger partial charge in [-0.3, -0.25) is 4.52 Å². The minimum absolute atomic E-state index is 0.0442. The Morgan fingerprint density at radius 1 is 1.04 bits per heavy atom. The Balaban J connectivity index is 2.11. The molecule has 0 radical (unpaired) electrons. The maximum Gasteiger partial charge on any atom is 0.458 e. The van der Waals surface area contributed by atoms with Gasteiger partial charge in [0, 0.05) is 0 Å². The molecule has 0 fully saturated rings. The Hall–Kier alpha value is -2.88. The first-order valence-electron chi connectivity index (χ1n) is 7.24. The summed E-state index contributed by atoms with van der Waals surface area (Å²) in [6, 6.07) is 4.62. The topological polar surface area (TPSA) is 117 Å². The smallest absolute Gasteiger partial charge is 0.423 e. The van der Waals surface area contributed by atoms with Crippen molar-refractivity contribution in [2.75, 3.05) is 0 Å². The van der Waals surface area contributed by atoms with E-state index in [0.29, 0.717) is 9.72 Å². The Labute approximate surface area is 142 Å². The fraction of sp³-hybridized carbons (Fsp3) is 0.267. The normalized spacial score (nSPS) is 11.7. The SMILES string of the molecule is Cc1ccc(Oc2noc(=O)n2S(=O)(=O)c2c(C)noc2C)cc1C. The highest BCUT2D eigenvalue weighted by atomic mass is 32.2. The predicted molar refractivity (Wildman–Crippen MR) is 85.3 cm³/mol. The third kappa shape index (κ3) is 2.84. The lowest BCUT2D eigenvalue weighted by atomic mass is 10.1. The molecule has 132 valence electrons. The van der Waals surface area contributed by atoms with Gasteiger partial charge in [0.2, 0.25) is 0 Å². The van der Waals surface area contributed by atoms with Crippen LogP contribution >= 0.6 is 0 Å². The number of aromatic nitrogens is 3. The van der Waals surface area contributed by atoms with E-state index in [-0.39, 0.29) is 16.3 Å². The van der Waals surface area contributed by atoms with E-state index in [9.17, 15) is 13.2 Å². The maximum absolute atomic E-state index is 12.8. The van der Waals surface area contributed by atoms with Crippen LogP contribution in [0.15, 0.2) is 36.9 Å². The van der Waals surface area contributed by atoms with Crippen LogP contribution in [0.4, 0.5) is 0 Å². The zero-order valence-electron chi connectivity index (χ0n) is 13.9. The molecular weight excluding hydrogens is 350 g/mol. The van der Waals surface area contributed by atoms with Crippen LogP contribution in [-0.4, -0.2) is 22.7 Å². The highest BCUT2D eigenvalue weighted by Crippen LogP contribution is 2.26. The number of hydrogen-bond acceptors (Lipinski definition) is 8. The van der Waals surface area contributed by atoms with Gasteiger partial charge in [-0.2, -0.15) is 0 Å². The Kier molecular flexibility index (Phi) is 3.99. The van der Waals surface area contributed by atoms with E-state index in [1.807, 2.05) is 13.8 Å². The first-order chi connectivity index (χ1) is 11.7. The molecule has 3 rings (SSSR count). The highest BCUT2D eigenvalue weighted by molar-refractivity contribution is 7.90. The zero-order valence-corrected chi connectivity index (χ0v) is 14.7. The lowest BCUT2D eigenvalue weighted by Crippen LogP contribution is -2.25. The van der Waals surface area contributed by atoms with Gasteiger partial charge in [0.25, 0.3) is 10.0 Å². The lowest BCUT2D eigenvalue weighted by Gasteiger charge is -2.08. The van der Waals surface area contributed by atoms with Gasteiger partial charge in [0.1, 0.15) is 11.4 Å². The van der Waals surface area contributed by atoms with E-state index in [1.54, 1.807) is 18.2 Å². The minimum Gasteiger partial charge on any atom is -0.423 e. The first kappa shape index (κ1) is 17.0. The summed E-state index contributed by atoms with van der Waals surface area (Å²) in [5.74, 6) is -0.833. The molecule has 0 amide bonds. The summed E-state index contributed by atoms with van der Waals surface area (Å²) in [7, 11) is -4.35. The van der Waals surface area contributed by atoms with Crippen molar-refractivity contribution < 1.29 is 22.2 Å². The van der Waals surface area contributed by atoms with Gasteiger partial charge in [-0.1, -0.05) is 11.2 Å². The molecular formula is C15H15N3O6S. The summed E-state index contributed by atoms with van der Waals surface area (Å²) >= 11 is 0. The second-order valence-electron chi connectivity index (χ2n) is 5.50. The summed E-state index contributed by atoms with van der Waals surface area (Å²) in [5, 5.41) is 7.02. The van der Waals surface area contributed by atoms with E-state index in [4.69, 9.17) is 9.26 Å². The number of nitrogens with zero attached hydrogens (tertiary/aromatic N) is 3. The van der Waals surface area contributed by atoms with E-state index in [2.05, 4.69) is 14.8 Å². The molecule has 0 saturated heterocycles. The Morgan fingerprint density at radius 2 is 1.76 bits per heavy atom. The molecule has 0 aliphatic carbocycles. The minimum atomic E-state index is -4.35. The van der Waals surface area contributed by atoms with Crippen LogP contribution in [0, 0.1) is 27.7 Å². The molecule has 10 heteroatoms. The van der Waals surface area contributed by atoms with Gasteiger partial charge < -0.3 is 9.26 Å². The van der Waals surface area contributed by atoms with Gasteiger partial charge >= 0.3 is 11.8 Å². The van der Waals surface area contributed by atoms with Gasteiger partial charge in [0.15, 0.2) is 10.7 Å². The van der Waals surface area contributed by atoms with Crippen molar-refractivity contribution in [3.05, 3.63) is 51.3 Å². The third-order valence-corrected chi connectivity index (χ3v) is 5.58. The van der Waals surface area contributed by atoms with Crippen LogP contribution in [0.1, 0.15) is 22.6 Å². The van der Waals surface area contributed by atoms with Crippen LogP contribution < -0.4 is 10.5 Å². The van der Waals surface area contributed by atoms with Gasteiger partial charge in [-0.05, 0) is 56.1 Å². The molecule has 0 bridgehead atoms. The average molecular weight is 365 g/mol. The summed E-state index contributed by atoms with van der Waals surface area (Å²) in [6.07, 6.45) is 0. The number of benzene rings is 1. The average Bonchev–Trinajstić information content (AvgIpc) is 3.06. The Bertz CT molecular complexity index is 1090. The number of ether oxygens (including phenoxy) is 1. The van der Waals surface area contributed by atoms with Crippen molar-refractivity contribution in [3.63, 3.8) is 0 Å². The standard InChI is InChI=1S/C15H15N3O6S/c1-8-5-6-12(7-9(8)2)22-14-17-24-15(19)18(14)25(20,21)13-10(3)16-23-11(13)4/h5-7H,1-4H3. The molecule has 0 N–H and O–H groups in total. The molecule has 0 aliphatic heterocycles. The van der Waals surface area contributed by atoms with Gasteiger partial charge in [0.05, 0.1) is 0 Å². The molecule has 0 saturated carbocycles. The first-order valence-corrected chi connectivity index (χ1v) is 8.68. The molecule has 0 unspecified atom stereocenters. The van der Waals surface area contributed by atoms with Crippen LogP contribution in [0.3, 0.4) is 0 Å². The largest absolute Gasteiger partial charge is 0.458 e. The Morgan fingerprint density at radius 3 is 2.36 bits per heavy atom. The second-order valence-corrected chi connectivity index (χ2v) is 7.23. The summed E-state index contributed by atoms with van der Waals surface area (Å²) < 4.78 is 40.8. The molecule has 25 heavy (non-hydrogen) atoms. The van der Waals surface area contributed by atoms with Crippen LogP contribution in [0.5, 0.6) is 11.8 Å². The van der Waals surface area contributed by atoms with E-state index in [1.165, 1.54) is 13.8 Å². The molecule has 2 aromatic heterocycles. The lowest BCUT2D eigenvalue weighted by molar-refractivity contribution is 0.351. The molecule has 9 nitrogen and oxygen atoms in total. The highest BCUT2D eigenvalue weighted by Gasteiger charge is 2.33. The number of hydrogen-bond donors (Lipinski definition) is 0. The fourth-order valence-electron chi connectivity index (χ4n) is 2.31. The van der Waals surface area contributed by atoms with E-state index in [0.717, 1.165) is 11.1 Å². The van der Waals surface area contributed by atoms with Crippen LogP contribution in [0.25, 0.3) is 0 Å². The molecule has 0 aliphatic rings. The van der Waals surface area contributed by atoms with E-state index < -0.39 is 21.8 Å². The molecule has 3 aromatic rings. The molecule has 0 spiro atoms. The number of aryl methyl sites for hydroxylation is 4. The number of rotatable bonds is 4. The van der Waals surface area contributed by atoms with Crippen molar-refractivity contribution in [2.45, 2.75) is 32.6 Å². The quantitative estimate of drug-likeness (QED) is 0.690. The predicted octanol–water partition coefficient (Wildman–Crippen LogP) is 2.09. The summed E-state index contributed by atoms with van der Waals surface area (Å²) in [5.41, 5.74) is 2.08. The molecule has 0 atom stereocenters. The molecule has 1 aromatic carbocycles. The monoisotopic (exact) mass is 365 g/mol. The molecule has 2 heterocycles. The van der Waals surface area contributed by atoms with Crippen molar-refractivity contribution in [1.29, 1.82) is 0 Å². The van der Waals surface area contributed by atoms with Gasteiger partial charge in [-0.15, -0.1) is 3.97 Å². The summed E-state index contributed by atoms with van der Waals surface area (Å²) in [4.78, 5) is 11.7. The zero-order chi connectivity index (χ0) is 18.4. The third-order valence-electron chi connectivity index (χ3n) is 3.70. The second kappa shape index (κ2) is 5.88. The fourth-order valence-corrected chi connectivity index (χ4v) is 3.81.